The van der Waals surface area contributed by atoms with Crippen LogP contribution in [0.4, 0.5) is 4.79 Å². The van der Waals surface area contributed by atoms with Crippen LogP contribution in [-0.2, 0) is 9.53 Å². The van der Waals surface area contributed by atoms with Gasteiger partial charge in [-0.15, -0.1) is 22.0 Å². The first kappa shape index (κ1) is 18.0. The van der Waals surface area contributed by atoms with Crippen LogP contribution in [0, 0.1) is 0 Å². The number of aromatic nitrogens is 2. The number of piperidine rings is 1. The molecule has 0 aromatic carbocycles. The van der Waals surface area contributed by atoms with Gasteiger partial charge in [0.25, 0.3) is 0 Å². The third-order valence-electron chi connectivity index (χ3n) is 4.20. The molecule has 2 aliphatic rings. The molecule has 1 aromatic heterocycles. The fraction of sp³-hybridized carbons (Fsp3) is 0.750. The lowest BCUT2D eigenvalue weighted by Crippen LogP contribution is -2.52. The molecule has 1 unspecified atom stereocenters. The minimum Gasteiger partial charge on any atom is -0.444 e. The van der Waals surface area contributed by atoms with Crippen LogP contribution in [0.5, 0.6) is 0 Å². The Balaban J connectivity index is 1.77. The first-order valence-corrected chi connectivity index (χ1v) is 9.59. The molecule has 2 amide bonds. The zero-order valence-corrected chi connectivity index (χ0v) is 15.5. The summed E-state index contributed by atoms with van der Waals surface area (Å²) in [4.78, 5) is 27.1. The van der Waals surface area contributed by atoms with E-state index in [0.717, 1.165) is 25.0 Å². The largest absolute Gasteiger partial charge is 0.444 e. The zero-order chi connectivity index (χ0) is 18.0. The lowest BCUT2D eigenvalue weighted by Gasteiger charge is -2.40. The second-order valence-electron chi connectivity index (χ2n) is 7.28. The summed E-state index contributed by atoms with van der Waals surface area (Å²) in [6, 6.07) is -0.835. The zero-order valence-electron chi connectivity index (χ0n) is 14.7. The van der Waals surface area contributed by atoms with E-state index >= 15 is 0 Å². The van der Waals surface area contributed by atoms with Crippen molar-refractivity contribution in [3.63, 3.8) is 0 Å². The Morgan fingerprint density at radius 2 is 2.20 bits per heavy atom. The molecule has 0 saturated carbocycles. The molecule has 2 saturated heterocycles. The molecule has 138 valence electrons. The van der Waals surface area contributed by atoms with Crippen LogP contribution in [0.2, 0.25) is 0 Å². The maximum Gasteiger partial charge on any atom is 0.408 e. The van der Waals surface area contributed by atoms with E-state index in [0.29, 0.717) is 12.3 Å². The topological polar surface area (TPSA) is 97.6 Å². The van der Waals surface area contributed by atoms with Crippen LogP contribution < -0.4 is 5.32 Å². The summed E-state index contributed by atoms with van der Waals surface area (Å²) >= 11 is 1.74. The van der Waals surface area contributed by atoms with Gasteiger partial charge in [-0.2, -0.15) is 0 Å². The number of ether oxygens (including phenoxy) is 1. The molecule has 0 bridgehead atoms. The SMILES string of the molecule is CC(C)(C)OC(=O)NC1CCS[C@H]2CCC[C@@H](c3nnco3)N2C1=O. The van der Waals surface area contributed by atoms with Crippen molar-refractivity contribution in [2.45, 2.75) is 69.5 Å². The Bertz CT molecular complexity index is 616. The quantitative estimate of drug-likeness (QED) is 0.856. The van der Waals surface area contributed by atoms with Crippen molar-refractivity contribution in [1.82, 2.24) is 20.4 Å². The van der Waals surface area contributed by atoms with Gasteiger partial charge in [0, 0.05) is 0 Å². The summed E-state index contributed by atoms with van der Waals surface area (Å²) in [6.07, 6.45) is 4.00. The number of hydrogen-bond acceptors (Lipinski definition) is 7. The minimum atomic E-state index is -0.605. The van der Waals surface area contributed by atoms with Crippen LogP contribution in [-0.4, -0.2) is 49.9 Å². The van der Waals surface area contributed by atoms with Crippen molar-refractivity contribution in [2.75, 3.05) is 5.75 Å². The van der Waals surface area contributed by atoms with Gasteiger partial charge in [-0.3, -0.25) is 4.79 Å². The lowest BCUT2D eigenvalue weighted by molar-refractivity contribution is -0.138. The molecular weight excluding hydrogens is 344 g/mol. The number of amides is 2. The number of nitrogens with zero attached hydrogens (tertiary/aromatic N) is 3. The van der Waals surface area contributed by atoms with Gasteiger partial charge in [0.2, 0.25) is 18.2 Å². The number of alkyl carbamates (subject to hydrolysis) is 1. The van der Waals surface area contributed by atoms with Crippen molar-refractivity contribution in [2.24, 2.45) is 0 Å². The van der Waals surface area contributed by atoms with Crippen molar-refractivity contribution in [3.05, 3.63) is 12.3 Å². The number of fused-ring (bicyclic) bond motifs is 1. The molecule has 0 radical (unpaired) electrons. The second kappa shape index (κ2) is 7.23. The van der Waals surface area contributed by atoms with E-state index in [4.69, 9.17) is 9.15 Å². The van der Waals surface area contributed by atoms with E-state index in [1.165, 1.54) is 6.39 Å². The van der Waals surface area contributed by atoms with Gasteiger partial charge in [0.15, 0.2) is 0 Å². The van der Waals surface area contributed by atoms with Gasteiger partial charge in [-0.1, -0.05) is 0 Å². The molecule has 9 heteroatoms. The molecular formula is C16H24N4O4S. The standard InChI is InChI=1S/C16H24N4O4S/c1-16(2,3)24-15(22)18-10-7-8-25-12-6-4-5-11(20(12)14(10)21)13-19-17-9-23-13/h9-12H,4-8H2,1-3H3,(H,18,22)/t10?,11-,12-/m0/s1. The fourth-order valence-electron chi connectivity index (χ4n) is 3.20. The van der Waals surface area contributed by atoms with Crippen molar-refractivity contribution < 1.29 is 18.7 Å². The van der Waals surface area contributed by atoms with E-state index in [2.05, 4.69) is 15.5 Å². The molecule has 1 N–H and O–H groups in total. The predicted molar refractivity (Wildman–Crippen MR) is 91.8 cm³/mol. The van der Waals surface area contributed by atoms with Crippen molar-refractivity contribution >= 4 is 23.8 Å². The fourth-order valence-corrected chi connectivity index (χ4v) is 4.59. The average Bonchev–Trinajstić information content (AvgIpc) is 3.00. The summed E-state index contributed by atoms with van der Waals surface area (Å²) in [5.41, 5.74) is -0.605. The molecule has 3 atom stereocenters. The lowest BCUT2D eigenvalue weighted by atomic mass is 10.00. The number of carbonyl (C=O) groups excluding carboxylic acids is 2. The Morgan fingerprint density at radius 3 is 2.88 bits per heavy atom. The highest BCUT2D eigenvalue weighted by Gasteiger charge is 2.42. The highest BCUT2D eigenvalue weighted by molar-refractivity contribution is 7.99. The van der Waals surface area contributed by atoms with Crippen LogP contribution in [0.15, 0.2) is 10.8 Å². The molecule has 3 heterocycles. The Morgan fingerprint density at radius 1 is 1.40 bits per heavy atom. The number of thioether (sulfide) groups is 1. The summed E-state index contributed by atoms with van der Waals surface area (Å²) in [5, 5.41) is 10.5. The first-order valence-electron chi connectivity index (χ1n) is 8.54. The normalized spacial score (nSPS) is 27.4. The van der Waals surface area contributed by atoms with E-state index < -0.39 is 17.7 Å². The average molecular weight is 368 g/mol. The monoisotopic (exact) mass is 368 g/mol. The number of hydrogen-bond donors (Lipinski definition) is 1. The summed E-state index contributed by atoms with van der Waals surface area (Å²) < 4.78 is 10.7. The Labute approximate surface area is 151 Å². The minimum absolute atomic E-state index is 0.0728. The van der Waals surface area contributed by atoms with Crippen molar-refractivity contribution in [1.29, 1.82) is 0 Å². The molecule has 8 nitrogen and oxygen atoms in total. The summed E-state index contributed by atoms with van der Waals surface area (Å²) in [6.45, 7) is 5.39. The third-order valence-corrected chi connectivity index (χ3v) is 5.52. The third kappa shape index (κ3) is 4.26. The van der Waals surface area contributed by atoms with Gasteiger partial charge < -0.3 is 19.4 Å². The van der Waals surface area contributed by atoms with Crippen LogP contribution in [0.3, 0.4) is 0 Å². The van der Waals surface area contributed by atoms with E-state index in [1.54, 1.807) is 32.5 Å². The molecule has 0 aliphatic carbocycles. The van der Waals surface area contributed by atoms with Crippen LogP contribution in [0.25, 0.3) is 0 Å². The van der Waals surface area contributed by atoms with Crippen LogP contribution >= 0.6 is 11.8 Å². The van der Waals surface area contributed by atoms with Gasteiger partial charge in [-0.25, -0.2) is 4.79 Å². The van der Waals surface area contributed by atoms with E-state index in [9.17, 15) is 9.59 Å². The highest BCUT2D eigenvalue weighted by Crippen LogP contribution is 2.40. The van der Waals surface area contributed by atoms with Gasteiger partial charge in [-0.05, 0) is 52.2 Å². The van der Waals surface area contributed by atoms with Crippen LogP contribution in [0.1, 0.15) is 58.4 Å². The van der Waals surface area contributed by atoms with E-state index in [1.807, 2.05) is 4.90 Å². The summed E-state index contributed by atoms with van der Waals surface area (Å²) in [5.74, 6) is 1.14. The smallest absolute Gasteiger partial charge is 0.408 e. The molecule has 1 aromatic rings. The maximum absolute atomic E-state index is 13.1. The van der Waals surface area contributed by atoms with E-state index in [-0.39, 0.29) is 17.3 Å². The Hall–Kier alpha value is -1.77. The van der Waals surface area contributed by atoms with Gasteiger partial charge in [0.1, 0.15) is 17.7 Å². The predicted octanol–water partition coefficient (Wildman–Crippen LogP) is 2.48. The molecule has 2 fully saturated rings. The van der Waals surface area contributed by atoms with Crippen molar-refractivity contribution in [3.8, 4) is 0 Å². The Kier molecular flexibility index (Phi) is 5.21. The molecule has 2 aliphatic heterocycles. The van der Waals surface area contributed by atoms with Gasteiger partial charge in [0.05, 0.1) is 5.37 Å². The maximum atomic E-state index is 13.1. The molecule has 0 spiro atoms. The highest BCUT2D eigenvalue weighted by atomic mass is 32.2. The molecule has 3 rings (SSSR count). The number of carbonyl (C=O) groups is 2. The number of rotatable bonds is 2. The second-order valence-corrected chi connectivity index (χ2v) is 8.57. The summed E-state index contributed by atoms with van der Waals surface area (Å²) in [7, 11) is 0. The van der Waals surface area contributed by atoms with Gasteiger partial charge >= 0.3 is 6.09 Å². The number of nitrogens with one attached hydrogen (secondary N) is 1. The molecule has 25 heavy (non-hydrogen) atoms. The first-order chi connectivity index (χ1) is 11.8.